The van der Waals surface area contributed by atoms with Crippen LogP contribution in [-0.2, 0) is 14.4 Å². The van der Waals surface area contributed by atoms with Gasteiger partial charge in [-0.1, -0.05) is 0 Å². The fraction of sp³-hybridized carbons (Fsp3) is 0.286. The summed E-state index contributed by atoms with van der Waals surface area (Å²) in [6, 6.07) is 12.0. The van der Waals surface area contributed by atoms with Crippen molar-refractivity contribution in [3.8, 4) is 11.5 Å². The van der Waals surface area contributed by atoms with Crippen LogP contribution < -0.4 is 25.0 Å². The number of benzene rings is 2. The van der Waals surface area contributed by atoms with Crippen LogP contribution in [0.2, 0.25) is 0 Å². The van der Waals surface area contributed by atoms with Gasteiger partial charge < -0.3 is 25.0 Å². The molecule has 0 saturated carbocycles. The number of hydrogen-bond acceptors (Lipinski definition) is 5. The molecule has 0 aliphatic carbocycles. The highest BCUT2D eigenvalue weighted by Gasteiger charge is 2.35. The predicted molar refractivity (Wildman–Crippen MR) is 109 cm³/mol. The normalized spacial score (nSPS) is 15.8. The number of nitrogens with zero attached hydrogens (tertiary/aromatic N) is 1. The number of rotatable bonds is 6. The molecule has 1 aliphatic heterocycles. The number of amides is 3. The van der Waals surface area contributed by atoms with Crippen LogP contribution in [0.1, 0.15) is 13.3 Å². The highest BCUT2D eigenvalue weighted by Crippen LogP contribution is 2.31. The molecule has 0 bridgehead atoms. The molecule has 3 rings (SSSR count). The van der Waals surface area contributed by atoms with Crippen molar-refractivity contribution in [2.45, 2.75) is 13.3 Å². The van der Waals surface area contributed by atoms with Gasteiger partial charge in [0.2, 0.25) is 17.7 Å². The van der Waals surface area contributed by atoms with Gasteiger partial charge in [0, 0.05) is 37.3 Å². The molecule has 1 saturated heterocycles. The molecule has 152 valence electrons. The zero-order valence-corrected chi connectivity index (χ0v) is 16.5. The number of methoxy groups -OCH3 is 2. The first-order chi connectivity index (χ1) is 13.9. The monoisotopic (exact) mass is 397 g/mol. The van der Waals surface area contributed by atoms with Crippen LogP contribution in [-0.4, -0.2) is 38.5 Å². The van der Waals surface area contributed by atoms with Crippen molar-refractivity contribution >= 4 is 34.8 Å². The summed E-state index contributed by atoms with van der Waals surface area (Å²) in [6.07, 6.45) is 0.117. The van der Waals surface area contributed by atoms with Crippen LogP contribution in [0.25, 0.3) is 0 Å². The van der Waals surface area contributed by atoms with Crippen molar-refractivity contribution in [3.63, 3.8) is 0 Å². The summed E-state index contributed by atoms with van der Waals surface area (Å²) in [4.78, 5) is 37.9. The second-order valence-electron chi connectivity index (χ2n) is 6.69. The molecule has 2 N–H and O–H groups in total. The van der Waals surface area contributed by atoms with Gasteiger partial charge in [0.1, 0.15) is 11.5 Å². The van der Waals surface area contributed by atoms with Crippen molar-refractivity contribution in [2.24, 2.45) is 5.92 Å². The molecule has 1 fully saturated rings. The number of nitrogens with one attached hydrogen (secondary N) is 2. The lowest BCUT2D eigenvalue weighted by Crippen LogP contribution is -2.28. The molecule has 1 heterocycles. The first-order valence-electron chi connectivity index (χ1n) is 9.12. The summed E-state index contributed by atoms with van der Waals surface area (Å²) in [7, 11) is 3.06. The van der Waals surface area contributed by atoms with E-state index in [2.05, 4.69) is 10.6 Å². The van der Waals surface area contributed by atoms with Gasteiger partial charge in [-0.15, -0.1) is 0 Å². The smallest absolute Gasteiger partial charge is 0.229 e. The van der Waals surface area contributed by atoms with E-state index in [4.69, 9.17) is 9.47 Å². The van der Waals surface area contributed by atoms with Gasteiger partial charge in [0.05, 0.1) is 25.8 Å². The van der Waals surface area contributed by atoms with Crippen molar-refractivity contribution in [3.05, 3.63) is 42.5 Å². The molecular formula is C21H23N3O5. The minimum atomic E-state index is -0.492. The average molecular weight is 397 g/mol. The standard InChI is InChI=1S/C21H23N3O5/c1-13(25)22-15-4-6-16(7-5-15)24-12-14(10-20(24)26)21(27)23-18-11-17(28-2)8-9-19(18)29-3/h4-9,11,14H,10,12H2,1-3H3,(H,22,25)(H,23,27). The Morgan fingerprint density at radius 3 is 2.38 bits per heavy atom. The van der Waals surface area contributed by atoms with Gasteiger partial charge in [-0.25, -0.2) is 0 Å². The Hall–Kier alpha value is -3.55. The quantitative estimate of drug-likeness (QED) is 0.781. The molecule has 8 nitrogen and oxygen atoms in total. The largest absolute Gasteiger partial charge is 0.497 e. The Balaban J connectivity index is 1.70. The topological polar surface area (TPSA) is 97.0 Å². The Labute approximate surface area is 168 Å². The van der Waals surface area contributed by atoms with Crippen molar-refractivity contribution in [2.75, 3.05) is 36.3 Å². The molecule has 2 aromatic carbocycles. The van der Waals surface area contributed by atoms with Crippen molar-refractivity contribution in [1.29, 1.82) is 0 Å². The van der Waals surface area contributed by atoms with E-state index in [0.29, 0.717) is 28.6 Å². The lowest BCUT2D eigenvalue weighted by molar-refractivity contribution is -0.122. The first kappa shape index (κ1) is 20.2. The Kier molecular flexibility index (Phi) is 6.01. The van der Waals surface area contributed by atoms with Crippen LogP contribution in [0.4, 0.5) is 17.1 Å². The minimum absolute atomic E-state index is 0.117. The average Bonchev–Trinajstić information content (AvgIpc) is 3.10. The van der Waals surface area contributed by atoms with E-state index in [1.165, 1.54) is 21.1 Å². The number of hydrogen-bond donors (Lipinski definition) is 2. The van der Waals surface area contributed by atoms with Crippen molar-refractivity contribution in [1.82, 2.24) is 0 Å². The number of ether oxygens (including phenoxy) is 2. The van der Waals surface area contributed by atoms with Gasteiger partial charge in [-0.3, -0.25) is 14.4 Å². The molecular weight excluding hydrogens is 374 g/mol. The number of anilines is 3. The molecule has 1 unspecified atom stereocenters. The Morgan fingerprint density at radius 1 is 1.03 bits per heavy atom. The summed E-state index contributed by atoms with van der Waals surface area (Å²) in [5, 5.41) is 5.51. The van der Waals surface area contributed by atoms with E-state index >= 15 is 0 Å². The maximum atomic E-state index is 12.7. The molecule has 0 aromatic heterocycles. The second kappa shape index (κ2) is 8.64. The van der Waals surface area contributed by atoms with E-state index in [1.54, 1.807) is 47.4 Å². The maximum absolute atomic E-state index is 12.7. The third kappa shape index (κ3) is 4.66. The highest BCUT2D eigenvalue weighted by atomic mass is 16.5. The molecule has 29 heavy (non-hydrogen) atoms. The van der Waals surface area contributed by atoms with E-state index in [1.807, 2.05) is 0 Å². The van der Waals surface area contributed by atoms with E-state index < -0.39 is 5.92 Å². The third-order valence-corrected chi connectivity index (χ3v) is 4.66. The number of carbonyl (C=O) groups excluding carboxylic acids is 3. The summed E-state index contributed by atoms with van der Waals surface area (Å²) in [5.74, 6) is 0.0452. The molecule has 0 radical (unpaired) electrons. The van der Waals surface area contributed by atoms with Crippen LogP contribution in [0, 0.1) is 5.92 Å². The second-order valence-corrected chi connectivity index (χ2v) is 6.69. The fourth-order valence-corrected chi connectivity index (χ4v) is 3.21. The summed E-state index contributed by atoms with van der Waals surface area (Å²) >= 11 is 0. The van der Waals surface area contributed by atoms with Gasteiger partial charge in [-0.2, -0.15) is 0 Å². The van der Waals surface area contributed by atoms with Gasteiger partial charge >= 0.3 is 0 Å². The van der Waals surface area contributed by atoms with Gasteiger partial charge in [0.25, 0.3) is 0 Å². The zero-order chi connectivity index (χ0) is 21.0. The van der Waals surface area contributed by atoms with Gasteiger partial charge in [0.15, 0.2) is 0 Å². The molecule has 2 aromatic rings. The summed E-state index contributed by atoms with van der Waals surface area (Å²) in [6.45, 7) is 1.70. The Bertz CT molecular complexity index is 926. The van der Waals surface area contributed by atoms with Crippen LogP contribution in [0.5, 0.6) is 11.5 Å². The Morgan fingerprint density at radius 2 is 1.76 bits per heavy atom. The molecule has 1 aliphatic rings. The molecule has 1 atom stereocenters. The van der Waals surface area contributed by atoms with Crippen molar-refractivity contribution < 1.29 is 23.9 Å². The summed E-state index contributed by atoms with van der Waals surface area (Å²) in [5.41, 5.74) is 1.81. The SMILES string of the molecule is COc1ccc(OC)c(NC(=O)C2CC(=O)N(c3ccc(NC(C)=O)cc3)C2)c1. The van der Waals surface area contributed by atoms with E-state index in [9.17, 15) is 14.4 Å². The van der Waals surface area contributed by atoms with Gasteiger partial charge in [-0.05, 0) is 36.4 Å². The molecule has 0 spiro atoms. The van der Waals surface area contributed by atoms with Crippen LogP contribution in [0.3, 0.4) is 0 Å². The fourth-order valence-electron chi connectivity index (χ4n) is 3.21. The molecule has 3 amide bonds. The highest BCUT2D eigenvalue weighted by molar-refractivity contribution is 6.04. The first-order valence-corrected chi connectivity index (χ1v) is 9.12. The lowest BCUT2D eigenvalue weighted by atomic mass is 10.1. The van der Waals surface area contributed by atoms with E-state index in [0.717, 1.165) is 0 Å². The third-order valence-electron chi connectivity index (χ3n) is 4.66. The molecule has 8 heteroatoms. The summed E-state index contributed by atoms with van der Waals surface area (Å²) < 4.78 is 10.5. The van der Waals surface area contributed by atoms with E-state index in [-0.39, 0.29) is 30.7 Å². The zero-order valence-electron chi connectivity index (χ0n) is 16.5. The number of carbonyl (C=O) groups is 3. The predicted octanol–water partition coefficient (Wildman–Crippen LogP) is 2.65. The minimum Gasteiger partial charge on any atom is -0.497 e. The lowest BCUT2D eigenvalue weighted by Gasteiger charge is -2.18. The van der Waals surface area contributed by atoms with Crippen LogP contribution >= 0.6 is 0 Å². The van der Waals surface area contributed by atoms with Crippen LogP contribution in [0.15, 0.2) is 42.5 Å². The maximum Gasteiger partial charge on any atom is 0.229 e.